The van der Waals surface area contributed by atoms with Crippen molar-refractivity contribution in [1.29, 1.82) is 0 Å². The topological polar surface area (TPSA) is 50.9 Å². The van der Waals surface area contributed by atoms with Crippen molar-refractivity contribution >= 4 is 40.5 Å². The van der Waals surface area contributed by atoms with Gasteiger partial charge in [0.05, 0.1) is 11.3 Å². The Hall–Kier alpha value is -1.59. The first-order valence-electron chi connectivity index (χ1n) is 6.21. The highest BCUT2D eigenvalue weighted by atomic mass is 32.2. The van der Waals surface area contributed by atoms with Gasteiger partial charge in [-0.1, -0.05) is 24.4 Å². The Morgan fingerprint density at radius 2 is 2.00 bits per heavy atom. The number of nitrogens with zero attached hydrogens (tertiary/aromatic N) is 1. The van der Waals surface area contributed by atoms with E-state index >= 15 is 0 Å². The van der Waals surface area contributed by atoms with Gasteiger partial charge < -0.3 is 11.1 Å². The number of thioether (sulfide) groups is 1. The van der Waals surface area contributed by atoms with Crippen molar-refractivity contribution in [2.45, 2.75) is 18.7 Å². The molecule has 104 valence electrons. The SMILES string of the molecule is CSc1ccccc1Nc1nc(C)cc(C)c1C(N)=S. The predicted octanol–water partition coefficient (Wildman–Crippen LogP) is 3.80. The van der Waals surface area contributed by atoms with Gasteiger partial charge in [-0.05, 0) is 43.9 Å². The summed E-state index contributed by atoms with van der Waals surface area (Å²) in [5.74, 6) is 0.719. The first kappa shape index (κ1) is 14.8. The molecule has 3 N–H and O–H groups in total. The zero-order valence-corrected chi connectivity index (χ0v) is 13.4. The molecule has 0 saturated carbocycles. The molecule has 2 aromatic rings. The molecule has 0 unspecified atom stereocenters. The van der Waals surface area contributed by atoms with Crippen LogP contribution in [0.4, 0.5) is 11.5 Å². The third-order valence-corrected chi connectivity index (χ3v) is 3.95. The van der Waals surface area contributed by atoms with Gasteiger partial charge in [-0.2, -0.15) is 0 Å². The Bertz CT molecular complexity index is 654. The van der Waals surface area contributed by atoms with Gasteiger partial charge in [-0.15, -0.1) is 11.8 Å². The quantitative estimate of drug-likeness (QED) is 0.664. The summed E-state index contributed by atoms with van der Waals surface area (Å²) < 4.78 is 0. The molecule has 1 heterocycles. The van der Waals surface area contributed by atoms with Crippen LogP contribution in [-0.4, -0.2) is 16.2 Å². The van der Waals surface area contributed by atoms with E-state index in [2.05, 4.69) is 16.4 Å². The molecule has 1 aromatic heterocycles. The molecule has 0 bridgehead atoms. The van der Waals surface area contributed by atoms with E-state index in [1.54, 1.807) is 11.8 Å². The maximum absolute atomic E-state index is 5.84. The number of hydrogen-bond donors (Lipinski definition) is 2. The number of hydrogen-bond acceptors (Lipinski definition) is 4. The highest BCUT2D eigenvalue weighted by Gasteiger charge is 2.12. The van der Waals surface area contributed by atoms with Crippen molar-refractivity contribution in [3.8, 4) is 0 Å². The average molecular weight is 303 g/mol. The van der Waals surface area contributed by atoms with E-state index in [-0.39, 0.29) is 0 Å². The highest BCUT2D eigenvalue weighted by molar-refractivity contribution is 7.98. The van der Waals surface area contributed by atoms with Gasteiger partial charge in [0.2, 0.25) is 0 Å². The molecule has 1 aromatic carbocycles. The number of aromatic nitrogens is 1. The van der Waals surface area contributed by atoms with Gasteiger partial charge >= 0.3 is 0 Å². The number of nitrogens with one attached hydrogen (secondary N) is 1. The predicted molar refractivity (Wildman–Crippen MR) is 91.1 cm³/mol. The second-order valence-electron chi connectivity index (χ2n) is 4.49. The summed E-state index contributed by atoms with van der Waals surface area (Å²) in [6.07, 6.45) is 2.05. The monoisotopic (exact) mass is 303 g/mol. The summed E-state index contributed by atoms with van der Waals surface area (Å²) in [5, 5.41) is 3.36. The summed E-state index contributed by atoms with van der Waals surface area (Å²) in [4.78, 5) is 6.05. The third kappa shape index (κ3) is 3.11. The minimum Gasteiger partial charge on any atom is -0.389 e. The summed E-state index contributed by atoms with van der Waals surface area (Å²) >= 11 is 6.83. The number of benzene rings is 1. The molecular formula is C15H17N3S2. The van der Waals surface area contributed by atoms with Crippen LogP contribution in [0, 0.1) is 13.8 Å². The van der Waals surface area contributed by atoms with Gasteiger partial charge in [0.15, 0.2) is 0 Å². The number of thiocarbonyl (C=S) groups is 1. The molecule has 0 spiro atoms. The van der Waals surface area contributed by atoms with Gasteiger partial charge in [0.25, 0.3) is 0 Å². The van der Waals surface area contributed by atoms with Crippen LogP contribution in [0.25, 0.3) is 0 Å². The van der Waals surface area contributed by atoms with Crippen molar-refractivity contribution in [1.82, 2.24) is 4.98 Å². The van der Waals surface area contributed by atoms with E-state index in [1.807, 2.05) is 44.4 Å². The van der Waals surface area contributed by atoms with E-state index in [4.69, 9.17) is 18.0 Å². The number of rotatable bonds is 4. The van der Waals surface area contributed by atoms with Crippen LogP contribution < -0.4 is 11.1 Å². The highest BCUT2D eigenvalue weighted by Crippen LogP contribution is 2.29. The van der Waals surface area contributed by atoms with Crippen molar-refractivity contribution < 1.29 is 0 Å². The Kier molecular flexibility index (Phi) is 4.62. The number of nitrogens with two attached hydrogens (primary N) is 1. The zero-order valence-electron chi connectivity index (χ0n) is 11.7. The lowest BCUT2D eigenvalue weighted by Gasteiger charge is -2.15. The Morgan fingerprint density at radius 3 is 2.65 bits per heavy atom. The van der Waals surface area contributed by atoms with Crippen LogP contribution in [0.15, 0.2) is 35.2 Å². The van der Waals surface area contributed by atoms with Crippen molar-refractivity contribution in [2.75, 3.05) is 11.6 Å². The molecule has 5 heteroatoms. The fraction of sp³-hybridized carbons (Fsp3) is 0.200. The van der Waals surface area contributed by atoms with E-state index in [1.165, 1.54) is 0 Å². The Labute approximate surface area is 129 Å². The Balaban J connectivity index is 2.50. The standard InChI is InChI=1S/C15H17N3S2/c1-9-8-10(2)17-15(13(9)14(16)19)18-11-6-4-5-7-12(11)20-3/h4-8H,1-3H3,(H2,16,19)(H,17,18). The first-order valence-corrected chi connectivity index (χ1v) is 7.84. The summed E-state index contributed by atoms with van der Waals surface area (Å²) in [6.45, 7) is 3.96. The molecule has 0 saturated heterocycles. The Morgan fingerprint density at radius 1 is 1.30 bits per heavy atom. The van der Waals surface area contributed by atoms with E-state index in [9.17, 15) is 0 Å². The van der Waals surface area contributed by atoms with Crippen LogP contribution >= 0.6 is 24.0 Å². The summed E-state index contributed by atoms with van der Waals surface area (Å²) in [7, 11) is 0. The third-order valence-electron chi connectivity index (χ3n) is 2.95. The molecule has 0 amide bonds. The van der Waals surface area contributed by atoms with Gasteiger partial charge in [0.1, 0.15) is 10.8 Å². The molecule has 0 atom stereocenters. The van der Waals surface area contributed by atoms with Crippen molar-refractivity contribution in [3.63, 3.8) is 0 Å². The van der Waals surface area contributed by atoms with Gasteiger partial charge in [0, 0.05) is 10.6 Å². The van der Waals surface area contributed by atoms with E-state index in [0.717, 1.165) is 33.2 Å². The van der Waals surface area contributed by atoms with E-state index in [0.29, 0.717) is 4.99 Å². The number of anilines is 2. The number of pyridine rings is 1. The van der Waals surface area contributed by atoms with Crippen molar-refractivity contribution in [3.05, 3.63) is 47.2 Å². The van der Waals surface area contributed by atoms with Gasteiger partial charge in [-0.3, -0.25) is 0 Å². The molecule has 2 rings (SSSR count). The largest absolute Gasteiger partial charge is 0.389 e. The molecular weight excluding hydrogens is 286 g/mol. The second kappa shape index (κ2) is 6.24. The molecule has 3 nitrogen and oxygen atoms in total. The molecule has 0 radical (unpaired) electrons. The van der Waals surface area contributed by atoms with Crippen LogP contribution in [0.3, 0.4) is 0 Å². The minimum absolute atomic E-state index is 0.360. The lowest BCUT2D eigenvalue weighted by atomic mass is 10.1. The van der Waals surface area contributed by atoms with Crippen molar-refractivity contribution in [2.24, 2.45) is 5.73 Å². The van der Waals surface area contributed by atoms with Crippen LogP contribution in [-0.2, 0) is 0 Å². The lowest BCUT2D eigenvalue weighted by molar-refractivity contribution is 1.16. The molecule has 0 aliphatic carbocycles. The summed E-state index contributed by atoms with van der Waals surface area (Å²) in [5.41, 5.74) is 9.63. The molecule has 0 fully saturated rings. The normalized spacial score (nSPS) is 10.3. The number of para-hydroxylation sites is 1. The maximum atomic E-state index is 5.84. The first-order chi connectivity index (χ1) is 9.52. The van der Waals surface area contributed by atoms with Crippen LogP contribution in [0.1, 0.15) is 16.8 Å². The lowest BCUT2D eigenvalue weighted by Crippen LogP contribution is -2.15. The van der Waals surface area contributed by atoms with Crippen LogP contribution in [0.5, 0.6) is 0 Å². The fourth-order valence-corrected chi connectivity index (χ4v) is 2.93. The maximum Gasteiger partial charge on any atom is 0.141 e. The van der Waals surface area contributed by atoms with Gasteiger partial charge in [-0.25, -0.2) is 4.98 Å². The minimum atomic E-state index is 0.360. The average Bonchev–Trinajstić information content (AvgIpc) is 2.38. The molecule has 20 heavy (non-hydrogen) atoms. The van der Waals surface area contributed by atoms with E-state index < -0.39 is 0 Å². The number of aryl methyl sites for hydroxylation is 2. The zero-order chi connectivity index (χ0) is 14.7. The summed E-state index contributed by atoms with van der Waals surface area (Å²) in [6, 6.07) is 10.1. The smallest absolute Gasteiger partial charge is 0.141 e. The fourth-order valence-electron chi connectivity index (χ4n) is 2.11. The second-order valence-corrected chi connectivity index (χ2v) is 5.78. The van der Waals surface area contributed by atoms with Crippen LogP contribution in [0.2, 0.25) is 0 Å². The molecule has 0 aliphatic rings. The molecule has 0 aliphatic heterocycles.